The Morgan fingerprint density at radius 3 is 0.829 bits per heavy atom. The molecule has 35 heavy (non-hydrogen) atoms. The molecular weight excluding hydrogens is 444 g/mol. The van der Waals surface area contributed by atoms with E-state index in [1.54, 1.807) is 55.5 Å². The van der Waals surface area contributed by atoms with Crippen molar-refractivity contribution in [2.75, 3.05) is 0 Å². The smallest absolute Gasteiger partial charge is 0.142 e. The second kappa shape index (κ2) is 69.9. The van der Waals surface area contributed by atoms with Crippen LogP contribution in [0, 0.1) is 0 Å². The summed E-state index contributed by atoms with van der Waals surface area (Å²) in [5.74, 6) is 0. The second-order valence-electron chi connectivity index (χ2n) is 5.40. The molecule has 0 fully saturated rings. The third kappa shape index (κ3) is 139. The van der Waals surface area contributed by atoms with Crippen LogP contribution in [-0.2, 0) is 14.4 Å². The third-order valence-electron chi connectivity index (χ3n) is 1.83. The van der Waals surface area contributed by atoms with Crippen LogP contribution in [0.15, 0.2) is 110 Å². The van der Waals surface area contributed by atoms with E-state index in [2.05, 4.69) is 27.7 Å². The van der Waals surface area contributed by atoms with Gasteiger partial charge < -0.3 is 15.3 Å². The summed E-state index contributed by atoms with van der Waals surface area (Å²) >= 11 is 0. The lowest BCUT2D eigenvalue weighted by Gasteiger charge is -1.80. The highest BCUT2D eigenvalue weighted by Crippen LogP contribution is 1.76. The number of rotatable bonds is 8. The summed E-state index contributed by atoms with van der Waals surface area (Å²) in [5, 5.41) is 28.4. The number of allylic oxidation sites excluding steroid dienone is 15. The topological polar surface area (TPSA) is 120 Å². The number of carbonyl (C=O) groups is 3. The van der Waals surface area contributed by atoms with Crippen LogP contribution < -0.4 is 15.3 Å². The van der Waals surface area contributed by atoms with Crippen LogP contribution in [0.3, 0.4) is 0 Å². The summed E-state index contributed by atoms with van der Waals surface area (Å²) in [4.78, 5) is 28.8. The van der Waals surface area contributed by atoms with E-state index in [1.807, 2.05) is 13.0 Å². The highest BCUT2D eigenvalue weighted by molar-refractivity contribution is 5.65. The van der Waals surface area contributed by atoms with E-state index < -0.39 is 0 Å². The Labute approximate surface area is 213 Å². The van der Waals surface area contributed by atoms with Crippen LogP contribution in [0.5, 0.6) is 0 Å². The fourth-order valence-corrected chi connectivity index (χ4v) is 0.787. The Balaban J connectivity index is -0.0000000762. The van der Waals surface area contributed by atoms with Gasteiger partial charge in [0.2, 0.25) is 0 Å². The average molecular weight is 488 g/mol. The van der Waals surface area contributed by atoms with Gasteiger partial charge in [0.25, 0.3) is 0 Å². The van der Waals surface area contributed by atoms with Crippen LogP contribution in [0.2, 0.25) is 0 Å². The van der Waals surface area contributed by atoms with Crippen molar-refractivity contribution in [2.24, 2.45) is 0 Å². The number of hydrogen-bond acceptors (Lipinski definition) is 6. The first-order valence-electron chi connectivity index (χ1n) is 11.1. The van der Waals surface area contributed by atoms with Gasteiger partial charge in [-0.2, -0.15) is 6.26 Å². The van der Waals surface area contributed by atoms with E-state index in [0.29, 0.717) is 25.1 Å². The predicted octanol–water partition coefficient (Wildman–Crippen LogP) is 4.37. The van der Waals surface area contributed by atoms with E-state index in [4.69, 9.17) is 5.11 Å². The molecule has 0 aliphatic carbocycles. The zero-order valence-corrected chi connectivity index (χ0v) is 22.0. The number of aldehydes is 3. The third-order valence-corrected chi connectivity index (χ3v) is 1.83. The minimum absolute atomic E-state index is 0.672. The molecule has 0 saturated heterocycles. The molecule has 6 heteroatoms. The maximum absolute atomic E-state index is 9.64. The van der Waals surface area contributed by atoms with Crippen molar-refractivity contribution in [1.29, 1.82) is 0 Å². The average Bonchev–Trinajstić information content (AvgIpc) is 2.86. The molecule has 0 N–H and O–H groups in total. The van der Waals surface area contributed by atoms with E-state index in [9.17, 15) is 24.6 Å². The van der Waals surface area contributed by atoms with Crippen molar-refractivity contribution in [1.82, 2.24) is 0 Å². The molecule has 0 heterocycles. The fraction of sp³-hybridized carbons (Fsp3) is 0.276. The predicted molar refractivity (Wildman–Crippen MR) is 144 cm³/mol. The number of carbonyl (C=O) groups excluding carboxylic acids is 3. The monoisotopic (exact) mass is 487 g/mol. The summed E-state index contributed by atoms with van der Waals surface area (Å²) in [6.07, 6.45) is 29.7. The molecule has 0 radical (unpaired) electrons. The maximum atomic E-state index is 9.64. The van der Waals surface area contributed by atoms with Crippen molar-refractivity contribution in [3.05, 3.63) is 110 Å². The molecule has 0 aliphatic rings. The molecule has 0 rings (SSSR count). The zero-order chi connectivity index (χ0) is 28.3. The molecular formula is C29H43O6-3. The normalized spacial score (nSPS) is 10.5. The van der Waals surface area contributed by atoms with Gasteiger partial charge in [0.1, 0.15) is 18.9 Å². The summed E-state index contributed by atoms with van der Waals surface area (Å²) in [5.41, 5.74) is 0. The SMILES string of the molecule is C/C=C\[O-].CC=CC=CC=O.CCC.CCC.O=CC=CC=C/C=C\[O-].O=CC=CC=C/C=C\[O-]. The first-order valence-corrected chi connectivity index (χ1v) is 11.1. The van der Waals surface area contributed by atoms with Crippen LogP contribution in [0.1, 0.15) is 54.4 Å². The van der Waals surface area contributed by atoms with E-state index in [-0.39, 0.29) is 0 Å². The van der Waals surface area contributed by atoms with Crippen molar-refractivity contribution in [3.63, 3.8) is 0 Å². The summed E-state index contributed by atoms with van der Waals surface area (Å²) < 4.78 is 0. The van der Waals surface area contributed by atoms with E-state index in [1.165, 1.54) is 49.3 Å². The lowest BCUT2D eigenvalue weighted by molar-refractivity contribution is -0.275. The first-order chi connectivity index (χ1) is 17.0. The van der Waals surface area contributed by atoms with Crippen LogP contribution in [0.4, 0.5) is 0 Å². The van der Waals surface area contributed by atoms with Crippen molar-refractivity contribution in [3.8, 4) is 0 Å². The Morgan fingerprint density at radius 1 is 0.400 bits per heavy atom. The van der Waals surface area contributed by atoms with Gasteiger partial charge in [-0.05, 0) is 32.1 Å². The Bertz CT molecular complexity index is 590. The Morgan fingerprint density at radius 2 is 0.629 bits per heavy atom. The second-order valence-corrected chi connectivity index (χ2v) is 5.40. The molecule has 0 aromatic rings. The quantitative estimate of drug-likeness (QED) is 0.217. The highest BCUT2D eigenvalue weighted by atomic mass is 16.2. The van der Waals surface area contributed by atoms with Gasteiger partial charge in [0.15, 0.2) is 0 Å². The zero-order valence-electron chi connectivity index (χ0n) is 22.0. The van der Waals surface area contributed by atoms with Crippen LogP contribution >= 0.6 is 0 Å². The molecule has 0 unspecified atom stereocenters. The molecule has 0 spiro atoms. The molecule has 6 nitrogen and oxygen atoms in total. The van der Waals surface area contributed by atoms with Gasteiger partial charge in [-0.1, -0.05) is 107 Å². The summed E-state index contributed by atoms with van der Waals surface area (Å²) in [6, 6.07) is 0. The largest absolute Gasteiger partial charge is 0.878 e. The molecule has 198 valence electrons. The lowest BCUT2D eigenvalue weighted by atomic mass is 10.4. The van der Waals surface area contributed by atoms with Gasteiger partial charge in [-0.25, -0.2) is 0 Å². The fourth-order valence-electron chi connectivity index (χ4n) is 0.787. The maximum Gasteiger partial charge on any atom is 0.142 e. The van der Waals surface area contributed by atoms with Crippen LogP contribution in [-0.4, -0.2) is 18.9 Å². The highest BCUT2D eigenvalue weighted by Gasteiger charge is 1.59. The Hall–Kier alpha value is -3.93. The molecule has 0 atom stereocenters. The minimum atomic E-state index is 0.672. The van der Waals surface area contributed by atoms with Crippen molar-refractivity contribution in [2.45, 2.75) is 54.4 Å². The first kappa shape index (κ1) is 44.7. The van der Waals surface area contributed by atoms with Gasteiger partial charge >= 0.3 is 0 Å². The minimum Gasteiger partial charge on any atom is -0.878 e. The summed E-state index contributed by atoms with van der Waals surface area (Å²) in [7, 11) is 0. The van der Waals surface area contributed by atoms with Gasteiger partial charge in [-0.3, -0.25) is 14.4 Å². The van der Waals surface area contributed by atoms with Gasteiger partial charge in [0, 0.05) is 0 Å². The van der Waals surface area contributed by atoms with Crippen LogP contribution in [0.25, 0.3) is 0 Å². The molecule has 0 aromatic heterocycles. The van der Waals surface area contributed by atoms with E-state index >= 15 is 0 Å². The molecule has 0 aromatic carbocycles. The molecule has 0 amide bonds. The Kier molecular flexibility index (Phi) is 89.2. The molecule has 0 saturated carbocycles. The lowest BCUT2D eigenvalue weighted by Crippen LogP contribution is -1.81. The van der Waals surface area contributed by atoms with Crippen molar-refractivity contribution >= 4 is 18.9 Å². The summed E-state index contributed by atoms with van der Waals surface area (Å²) in [6.45, 7) is 12.1. The molecule has 0 aliphatic heterocycles. The van der Waals surface area contributed by atoms with Gasteiger partial charge in [0.05, 0.1) is 0 Å². The standard InChI is InChI=1S/2C7H8O2.C6H8O.C3H6O.2C3H8/c2*8-6-4-2-1-3-5-7-9;1-2-3-4-5-6-7;1-2-3-4;2*1-3-2/h2*1-8H;2-6H,1H3;2-4H,1H3;2*3H2,1-2H3/p-3/b2*2-1?,5-3?,6-4-;;3-2-;;. The van der Waals surface area contributed by atoms with Gasteiger partial charge in [-0.15, -0.1) is 18.6 Å². The number of hydrogen-bond donors (Lipinski definition) is 0. The van der Waals surface area contributed by atoms with E-state index in [0.717, 1.165) is 12.5 Å². The molecule has 0 bridgehead atoms. The van der Waals surface area contributed by atoms with Crippen molar-refractivity contribution < 1.29 is 29.7 Å².